The Morgan fingerprint density at radius 2 is 1.86 bits per heavy atom. The predicted molar refractivity (Wildman–Crippen MR) is 102 cm³/mol. The van der Waals surface area contributed by atoms with Crippen LogP contribution in [0, 0.1) is 12.7 Å². The van der Waals surface area contributed by atoms with Crippen LogP contribution < -0.4 is 11.2 Å². The van der Waals surface area contributed by atoms with Crippen LogP contribution in [0.1, 0.15) is 16.8 Å². The molecule has 0 aliphatic carbocycles. The van der Waals surface area contributed by atoms with E-state index in [1.165, 1.54) is 18.3 Å². The molecule has 2 N–H and O–H groups in total. The highest BCUT2D eigenvalue weighted by Crippen LogP contribution is 2.20. The van der Waals surface area contributed by atoms with E-state index in [9.17, 15) is 14.0 Å². The summed E-state index contributed by atoms with van der Waals surface area (Å²) in [5.74, 6) is -0.260. The van der Waals surface area contributed by atoms with Crippen LogP contribution in [0.4, 0.5) is 4.39 Å². The Labute approximate surface area is 158 Å². The third kappa shape index (κ3) is 3.52. The lowest BCUT2D eigenvalue weighted by molar-refractivity contribution is 0.627. The fraction of sp³-hybridized carbons (Fsp3) is 0.100. The maximum atomic E-state index is 13.1. The number of hydrogen-bond acceptors (Lipinski definition) is 4. The third-order valence-corrected chi connectivity index (χ3v) is 4.40. The second-order valence-electron chi connectivity index (χ2n) is 6.42. The van der Waals surface area contributed by atoms with Gasteiger partial charge in [0.05, 0.1) is 16.9 Å². The summed E-state index contributed by atoms with van der Waals surface area (Å²) >= 11 is 0. The summed E-state index contributed by atoms with van der Waals surface area (Å²) in [4.78, 5) is 27.9. The molecule has 28 heavy (non-hydrogen) atoms. The van der Waals surface area contributed by atoms with E-state index >= 15 is 0 Å². The van der Waals surface area contributed by atoms with Crippen molar-refractivity contribution in [2.75, 3.05) is 0 Å². The first-order valence-electron chi connectivity index (χ1n) is 8.58. The number of aromatic nitrogens is 5. The molecule has 1 aromatic carbocycles. The zero-order valence-electron chi connectivity index (χ0n) is 14.9. The average molecular weight is 377 g/mol. The summed E-state index contributed by atoms with van der Waals surface area (Å²) in [6.45, 7) is 1.82. The van der Waals surface area contributed by atoms with E-state index in [-0.39, 0.29) is 11.4 Å². The van der Waals surface area contributed by atoms with Crippen molar-refractivity contribution in [1.82, 2.24) is 24.7 Å². The lowest BCUT2D eigenvalue weighted by Gasteiger charge is -2.08. The number of H-pyrrole nitrogens is 2. The number of hydrogen-bond donors (Lipinski definition) is 2. The standard InChI is InChI=1S/C20H16FN5O2/c1-12-18(9-17(25-24-12)16-10-22-20(28)23-19(16)27)26-7-6-14(11-26)8-13-2-4-15(21)5-3-13/h2-7,9-11H,8H2,1H3,(H2,22,23,27,28). The summed E-state index contributed by atoms with van der Waals surface area (Å²) in [6, 6.07) is 10.1. The van der Waals surface area contributed by atoms with E-state index in [0.29, 0.717) is 17.8 Å². The van der Waals surface area contributed by atoms with Gasteiger partial charge in [-0.2, -0.15) is 5.10 Å². The first kappa shape index (κ1) is 17.6. The van der Waals surface area contributed by atoms with Crippen LogP contribution in [-0.4, -0.2) is 24.7 Å². The van der Waals surface area contributed by atoms with Crippen LogP contribution in [0.3, 0.4) is 0 Å². The van der Waals surface area contributed by atoms with Crippen LogP contribution in [0.15, 0.2) is 64.6 Å². The van der Waals surface area contributed by atoms with Gasteiger partial charge in [0.25, 0.3) is 5.56 Å². The summed E-state index contributed by atoms with van der Waals surface area (Å²) < 4.78 is 15.0. The molecule has 8 heteroatoms. The van der Waals surface area contributed by atoms with E-state index in [2.05, 4.69) is 20.2 Å². The van der Waals surface area contributed by atoms with Crippen molar-refractivity contribution in [3.05, 3.63) is 98.5 Å². The fourth-order valence-electron chi connectivity index (χ4n) is 2.97. The molecule has 0 atom stereocenters. The monoisotopic (exact) mass is 377 g/mol. The van der Waals surface area contributed by atoms with Gasteiger partial charge in [0.2, 0.25) is 0 Å². The van der Waals surface area contributed by atoms with Crippen LogP contribution in [0.25, 0.3) is 16.9 Å². The highest BCUT2D eigenvalue weighted by molar-refractivity contribution is 5.59. The molecule has 4 aromatic rings. The van der Waals surface area contributed by atoms with E-state index in [1.54, 1.807) is 18.2 Å². The molecule has 0 radical (unpaired) electrons. The number of nitrogens with one attached hydrogen (secondary N) is 2. The van der Waals surface area contributed by atoms with Crippen LogP contribution in [0.5, 0.6) is 0 Å². The molecule has 4 rings (SSSR count). The Morgan fingerprint density at radius 3 is 2.61 bits per heavy atom. The molecule has 0 bridgehead atoms. The molecule has 0 fully saturated rings. The maximum Gasteiger partial charge on any atom is 0.325 e. The second kappa shape index (κ2) is 7.07. The molecule has 3 aromatic heterocycles. The molecule has 3 heterocycles. The molecule has 140 valence electrons. The van der Waals surface area contributed by atoms with E-state index in [4.69, 9.17) is 0 Å². The minimum atomic E-state index is -0.579. The first-order valence-corrected chi connectivity index (χ1v) is 8.58. The highest BCUT2D eigenvalue weighted by Gasteiger charge is 2.11. The Bertz CT molecular complexity index is 1250. The van der Waals surface area contributed by atoms with Crippen LogP contribution in [-0.2, 0) is 6.42 Å². The van der Waals surface area contributed by atoms with Crippen LogP contribution >= 0.6 is 0 Å². The number of halogens is 1. The smallest absolute Gasteiger partial charge is 0.322 e. The van der Waals surface area contributed by atoms with Gasteiger partial charge in [0.15, 0.2) is 0 Å². The van der Waals surface area contributed by atoms with E-state index in [1.807, 2.05) is 30.0 Å². The van der Waals surface area contributed by atoms with Gasteiger partial charge in [-0.05, 0) is 48.7 Å². The minimum absolute atomic E-state index is 0.229. The van der Waals surface area contributed by atoms with Crippen molar-refractivity contribution in [1.29, 1.82) is 0 Å². The summed E-state index contributed by atoms with van der Waals surface area (Å²) in [6.07, 6.45) is 5.83. The van der Waals surface area contributed by atoms with Crippen molar-refractivity contribution < 1.29 is 4.39 Å². The quantitative estimate of drug-likeness (QED) is 0.571. The lowest BCUT2D eigenvalue weighted by atomic mass is 10.1. The van der Waals surface area contributed by atoms with Gasteiger partial charge in [-0.25, -0.2) is 9.18 Å². The zero-order chi connectivity index (χ0) is 19.7. The van der Waals surface area contributed by atoms with Crippen LogP contribution in [0.2, 0.25) is 0 Å². The normalized spacial score (nSPS) is 10.9. The van der Waals surface area contributed by atoms with Crippen molar-refractivity contribution in [2.45, 2.75) is 13.3 Å². The molecule has 0 saturated heterocycles. The molecule has 0 spiro atoms. The van der Waals surface area contributed by atoms with E-state index < -0.39 is 11.2 Å². The zero-order valence-corrected chi connectivity index (χ0v) is 14.9. The number of aryl methyl sites for hydroxylation is 1. The number of aromatic amines is 2. The molecule has 0 aliphatic rings. The van der Waals surface area contributed by atoms with Gasteiger partial charge in [0, 0.05) is 18.6 Å². The molecule has 0 saturated carbocycles. The topological polar surface area (TPSA) is 96.4 Å². The average Bonchev–Trinajstić information content (AvgIpc) is 3.13. The Hall–Kier alpha value is -3.81. The first-order chi connectivity index (χ1) is 13.5. The molecule has 0 aliphatic heterocycles. The summed E-state index contributed by atoms with van der Waals surface area (Å²) in [7, 11) is 0. The SMILES string of the molecule is Cc1nnc(-c2c[nH]c(=O)[nH]c2=O)cc1-n1ccc(Cc2ccc(F)cc2)c1. The van der Waals surface area contributed by atoms with Crippen molar-refractivity contribution in [3.8, 4) is 16.9 Å². The van der Waals surface area contributed by atoms with Gasteiger partial charge in [0.1, 0.15) is 11.5 Å². The van der Waals surface area contributed by atoms with Crippen molar-refractivity contribution in [3.63, 3.8) is 0 Å². The number of benzene rings is 1. The van der Waals surface area contributed by atoms with Gasteiger partial charge in [-0.3, -0.25) is 9.78 Å². The predicted octanol–water partition coefficient (Wildman–Crippen LogP) is 2.35. The summed E-state index contributed by atoms with van der Waals surface area (Å²) in [5, 5.41) is 8.21. The van der Waals surface area contributed by atoms with Crippen molar-refractivity contribution >= 4 is 0 Å². The van der Waals surface area contributed by atoms with Gasteiger partial charge in [-0.15, -0.1) is 5.10 Å². The Morgan fingerprint density at radius 1 is 1.07 bits per heavy atom. The number of rotatable bonds is 4. The van der Waals surface area contributed by atoms with Crippen molar-refractivity contribution in [2.24, 2.45) is 0 Å². The Kier molecular flexibility index (Phi) is 4.44. The lowest BCUT2D eigenvalue weighted by Crippen LogP contribution is -2.23. The molecule has 7 nitrogen and oxygen atoms in total. The molecule has 0 amide bonds. The second-order valence-corrected chi connectivity index (χ2v) is 6.42. The largest absolute Gasteiger partial charge is 0.325 e. The van der Waals surface area contributed by atoms with Gasteiger partial charge in [-0.1, -0.05) is 12.1 Å². The third-order valence-electron chi connectivity index (χ3n) is 4.40. The number of nitrogens with zero attached hydrogens (tertiary/aromatic N) is 3. The minimum Gasteiger partial charge on any atom is -0.322 e. The molecular formula is C20H16FN5O2. The molecule has 0 unspecified atom stereocenters. The maximum absolute atomic E-state index is 13.1. The van der Waals surface area contributed by atoms with Gasteiger partial charge >= 0.3 is 5.69 Å². The molecular weight excluding hydrogens is 361 g/mol. The van der Waals surface area contributed by atoms with Gasteiger partial charge < -0.3 is 9.55 Å². The summed E-state index contributed by atoms with van der Waals surface area (Å²) in [5.41, 5.74) is 2.98. The Balaban J connectivity index is 1.68. The highest BCUT2D eigenvalue weighted by atomic mass is 19.1. The van der Waals surface area contributed by atoms with E-state index in [0.717, 1.165) is 16.8 Å². The fourth-order valence-corrected chi connectivity index (χ4v) is 2.97.